The first-order valence-corrected chi connectivity index (χ1v) is 5.68. The minimum atomic E-state index is -0.0982. The molecular formula is C11H15BrN2O2. The van der Waals surface area contributed by atoms with E-state index in [9.17, 15) is 4.79 Å². The second kappa shape index (κ2) is 5.86. The average molecular weight is 287 g/mol. The molecule has 16 heavy (non-hydrogen) atoms. The Morgan fingerprint density at radius 1 is 1.56 bits per heavy atom. The smallest absolute Gasteiger partial charge is 0.226 e. The van der Waals surface area contributed by atoms with Gasteiger partial charge in [0.2, 0.25) is 5.91 Å². The van der Waals surface area contributed by atoms with E-state index in [4.69, 9.17) is 10.5 Å². The van der Waals surface area contributed by atoms with E-state index in [1.54, 1.807) is 13.2 Å². The van der Waals surface area contributed by atoms with Gasteiger partial charge >= 0.3 is 0 Å². The molecule has 0 spiro atoms. The summed E-state index contributed by atoms with van der Waals surface area (Å²) >= 11 is 3.34. The fourth-order valence-electron chi connectivity index (χ4n) is 1.34. The number of aryl methyl sites for hydroxylation is 1. The molecule has 1 aromatic rings. The lowest BCUT2D eigenvalue weighted by Gasteiger charge is -2.11. The van der Waals surface area contributed by atoms with Crippen molar-refractivity contribution in [2.45, 2.75) is 13.3 Å². The van der Waals surface area contributed by atoms with E-state index in [0.29, 0.717) is 24.4 Å². The zero-order valence-corrected chi connectivity index (χ0v) is 10.9. The molecule has 1 aromatic carbocycles. The Morgan fingerprint density at radius 2 is 2.25 bits per heavy atom. The first-order chi connectivity index (χ1) is 7.54. The Labute approximate surface area is 103 Å². The number of carbonyl (C=O) groups is 1. The van der Waals surface area contributed by atoms with Gasteiger partial charge in [-0.1, -0.05) is 15.9 Å². The predicted molar refractivity (Wildman–Crippen MR) is 68.4 cm³/mol. The first-order valence-electron chi connectivity index (χ1n) is 4.89. The third kappa shape index (κ3) is 3.50. The Bertz CT molecular complexity index is 371. The highest BCUT2D eigenvalue weighted by Gasteiger charge is 2.08. The normalized spacial score (nSPS) is 10.2. The van der Waals surface area contributed by atoms with E-state index in [1.165, 1.54) is 0 Å². The van der Waals surface area contributed by atoms with Gasteiger partial charge in [0.15, 0.2) is 0 Å². The van der Waals surface area contributed by atoms with Crippen LogP contribution in [0.2, 0.25) is 0 Å². The predicted octanol–water partition coefficient (Wildman–Crippen LogP) is 2.31. The summed E-state index contributed by atoms with van der Waals surface area (Å²) < 4.78 is 5.73. The number of hydrogen-bond donors (Lipinski definition) is 2. The van der Waals surface area contributed by atoms with Crippen LogP contribution < -0.4 is 11.1 Å². The van der Waals surface area contributed by atoms with Crippen LogP contribution in [0.4, 0.5) is 11.4 Å². The Kier molecular flexibility index (Phi) is 4.76. The van der Waals surface area contributed by atoms with Gasteiger partial charge < -0.3 is 15.8 Å². The monoisotopic (exact) mass is 286 g/mol. The SMILES string of the molecule is COCCC(=O)Nc1c(C)cc(Br)cc1N. The van der Waals surface area contributed by atoms with Crippen molar-refractivity contribution >= 4 is 33.2 Å². The lowest BCUT2D eigenvalue weighted by Crippen LogP contribution is -2.15. The van der Waals surface area contributed by atoms with Crippen LogP contribution >= 0.6 is 15.9 Å². The third-order valence-electron chi connectivity index (χ3n) is 2.13. The van der Waals surface area contributed by atoms with Crippen LogP contribution in [0.5, 0.6) is 0 Å². The second-order valence-electron chi connectivity index (χ2n) is 3.48. The number of benzene rings is 1. The van der Waals surface area contributed by atoms with Crippen LogP contribution in [0.25, 0.3) is 0 Å². The number of rotatable bonds is 4. The maximum atomic E-state index is 11.5. The summed E-state index contributed by atoms with van der Waals surface area (Å²) in [6.45, 7) is 2.30. The molecule has 0 saturated heterocycles. The number of nitrogens with one attached hydrogen (secondary N) is 1. The van der Waals surface area contributed by atoms with Crippen LogP contribution in [0.3, 0.4) is 0 Å². The van der Waals surface area contributed by atoms with Crippen LogP contribution in [0.15, 0.2) is 16.6 Å². The molecule has 0 radical (unpaired) electrons. The van der Waals surface area contributed by atoms with Gasteiger partial charge in [-0.05, 0) is 24.6 Å². The van der Waals surface area contributed by atoms with Crippen LogP contribution in [-0.2, 0) is 9.53 Å². The molecule has 0 aliphatic rings. The minimum absolute atomic E-state index is 0.0982. The summed E-state index contributed by atoms with van der Waals surface area (Å²) in [6.07, 6.45) is 0.325. The Morgan fingerprint density at radius 3 is 2.81 bits per heavy atom. The van der Waals surface area contributed by atoms with Crippen molar-refractivity contribution in [1.29, 1.82) is 0 Å². The lowest BCUT2D eigenvalue weighted by atomic mass is 10.1. The highest BCUT2D eigenvalue weighted by atomic mass is 79.9. The number of amides is 1. The molecule has 0 aromatic heterocycles. The van der Waals surface area contributed by atoms with Crippen molar-refractivity contribution in [2.24, 2.45) is 0 Å². The van der Waals surface area contributed by atoms with E-state index in [1.807, 2.05) is 13.0 Å². The zero-order valence-electron chi connectivity index (χ0n) is 9.34. The number of methoxy groups -OCH3 is 1. The van der Waals surface area contributed by atoms with Crippen molar-refractivity contribution in [3.63, 3.8) is 0 Å². The number of nitrogens with two attached hydrogens (primary N) is 1. The average Bonchev–Trinajstić information content (AvgIpc) is 2.20. The molecule has 0 fully saturated rings. The highest BCUT2D eigenvalue weighted by molar-refractivity contribution is 9.10. The third-order valence-corrected chi connectivity index (χ3v) is 2.59. The van der Waals surface area contributed by atoms with Gasteiger partial charge in [0.05, 0.1) is 24.4 Å². The van der Waals surface area contributed by atoms with E-state index >= 15 is 0 Å². The maximum Gasteiger partial charge on any atom is 0.226 e. The summed E-state index contributed by atoms with van der Waals surface area (Å²) in [5.74, 6) is -0.0982. The zero-order chi connectivity index (χ0) is 12.1. The van der Waals surface area contributed by atoms with Gasteiger partial charge in [-0.25, -0.2) is 0 Å². The van der Waals surface area contributed by atoms with Gasteiger partial charge in [0.25, 0.3) is 0 Å². The van der Waals surface area contributed by atoms with Crippen molar-refractivity contribution < 1.29 is 9.53 Å². The molecule has 5 heteroatoms. The number of carbonyl (C=O) groups excluding carboxylic acids is 1. The molecule has 1 rings (SSSR count). The molecule has 0 heterocycles. The number of hydrogen-bond acceptors (Lipinski definition) is 3. The van der Waals surface area contributed by atoms with Crippen molar-refractivity contribution in [3.8, 4) is 0 Å². The van der Waals surface area contributed by atoms with E-state index in [2.05, 4.69) is 21.2 Å². The van der Waals surface area contributed by atoms with Crippen LogP contribution in [-0.4, -0.2) is 19.6 Å². The fraction of sp³-hybridized carbons (Fsp3) is 0.364. The molecule has 0 aliphatic heterocycles. The van der Waals surface area contributed by atoms with Gasteiger partial charge in [-0.15, -0.1) is 0 Å². The Hall–Kier alpha value is -1.07. The first kappa shape index (κ1) is 13.0. The molecule has 0 atom stereocenters. The second-order valence-corrected chi connectivity index (χ2v) is 4.39. The number of anilines is 2. The Balaban J connectivity index is 2.77. The fourth-order valence-corrected chi connectivity index (χ4v) is 1.93. The summed E-state index contributed by atoms with van der Waals surface area (Å²) in [6, 6.07) is 3.67. The molecule has 4 nitrogen and oxygen atoms in total. The van der Waals surface area contributed by atoms with Gasteiger partial charge in [0.1, 0.15) is 0 Å². The molecule has 0 aliphatic carbocycles. The number of ether oxygens (including phenoxy) is 1. The largest absolute Gasteiger partial charge is 0.397 e. The molecule has 0 bridgehead atoms. The number of nitrogen functional groups attached to an aromatic ring is 1. The van der Waals surface area contributed by atoms with E-state index in [-0.39, 0.29) is 5.91 Å². The molecule has 1 amide bonds. The lowest BCUT2D eigenvalue weighted by molar-refractivity contribution is -0.117. The van der Waals surface area contributed by atoms with Gasteiger partial charge in [-0.3, -0.25) is 4.79 Å². The van der Waals surface area contributed by atoms with E-state index in [0.717, 1.165) is 10.0 Å². The highest BCUT2D eigenvalue weighted by Crippen LogP contribution is 2.27. The topological polar surface area (TPSA) is 64.3 Å². The summed E-state index contributed by atoms with van der Waals surface area (Å²) in [4.78, 5) is 11.5. The van der Waals surface area contributed by atoms with Crippen LogP contribution in [0.1, 0.15) is 12.0 Å². The quantitative estimate of drug-likeness (QED) is 0.835. The molecule has 88 valence electrons. The van der Waals surface area contributed by atoms with E-state index < -0.39 is 0 Å². The summed E-state index contributed by atoms with van der Waals surface area (Å²) in [5, 5.41) is 2.78. The maximum absolute atomic E-state index is 11.5. The van der Waals surface area contributed by atoms with Gasteiger partial charge in [-0.2, -0.15) is 0 Å². The summed E-state index contributed by atoms with van der Waals surface area (Å²) in [5.41, 5.74) is 7.98. The van der Waals surface area contributed by atoms with Crippen molar-refractivity contribution in [2.75, 3.05) is 24.8 Å². The molecule has 0 saturated carbocycles. The molecular weight excluding hydrogens is 272 g/mol. The van der Waals surface area contributed by atoms with Crippen molar-refractivity contribution in [3.05, 3.63) is 22.2 Å². The molecule has 3 N–H and O–H groups in total. The summed E-state index contributed by atoms with van der Waals surface area (Å²) in [7, 11) is 1.56. The standard InChI is InChI=1S/C11H15BrN2O2/c1-7-5-8(12)6-9(13)11(7)14-10(15)3-4-16-2/h5-6H,3-4,13H2,1-2H3,(H,14,15). The van der Waals surface area contributed by atoms with Crippen molar-refractivity contribution in [1.82, 2.24) is 0 Å². The minimum Gasteiger partial charge on any atom is -0.397 e. The van der Waals surface area contributed by atoms with Crippen LogP contribution in [0, 0.1) is 6.92 Å². The molecule has 0 unspecified atom stereocenters. The van der Waals surface area contributed by atoms with Gasteiger partial charge in [0, 0.05) is 11.6 Å². The number of halogens is 1.